The smallest absolute Gasteiger partial charge is 0.274 e. The molecule has 4 nitrogen and oxygen atoms in total. The summed E-state index contributed by atoms with van der Waals surface area (Å²) in [5.74, 6) is -0.277. The van der Waals surface area contributed by atoms with Crippen LogP contribution < -0.4 is 4.74 Å². The molecule has 1 saturated heterocycles. The Morgan fingerprint density at radius 3 is 2.62 bits per heavy atom. The van der Waals surface area contributed by atoms with Crippen molar-refractivity contribution in [2.75, 3.05) is 13.1 Å². The van der Waals surface area contributed by atoms with Gasteiger partial charge in [0.2, 0.25) is 0 Å². The van der Waals surface area contributed by atoms with Crippen LogP contribution in [0.15, 0.2) is 60.7 Å². The molecule has 0 saturated carbocycles. The number of fused-ring (bicyclic) bond motifs is 2. The number of likely N-dealkylation sites (tertiary alicyclic amines) is 1. The molecule has 1 aromatic heterocycles. The molecule has 0 radical (unpaired) electrons. The zero-order valence-corrected chi connectivity index (χ0v) is 16.5. The molecule has 0 spiro atoms. The van der Waals surface area contributed by atoms with Crippen LogP contribution >= 0.6 is 11.3 Å². The Kier molecular flexibility index (Phi) is 4.64. The van der Waals surface area contributed by atoms with Gasteiger partial charge >= 0.3 is 0 Å². The normalized spacial score (nSPS) is 15.1. The topological polar surface area (TPSA) is 42.4 Å². The van der Waals surface area contributed by atoms with Gasteiger partial charge in [-0.25, -0.2) is 4.39 Å². The molecule has 1 aliphatic rings. The van der Waals surface area contributed by atoms with Gasteiger partial charge in [-0.05, 0) is 35.0 Å². The van der Waals surface area contributed by atoms with Crippen molar-refractivity contribution in [3.8, 4) is 5.19 Å². The lowest BCUT2D eigenvalue weighted by Gasteiger charge is -2.31. The van der Waals surface area contributed by atoms with E-state index in [0.29, 0.717) is 29.4 Å². The van der Waals surface area contributed by atoms with E-state index < -0.39 is 0 Å². The highest BCUT2D eigenvalue weighted by Crippen LogP contribution is 2.31. The monoisotopic (exact) mass is 406 g/mol. The Bertz CT molecular complexity index is 1200. The Labute approximate surface area is 171 Å². The molecule has 0 atom stereocenters. The molecule has 0 bridgehead atoms. The Hall–Kier alpha value is -2.99. The summed E-state index contributed by atoms with van der Waals surface area (Å²) in [7, 11) is 0. The molecular formula is C23H19FN2O2S. The molecule has 0 unspecified atom stereocenters. The molecule has 1 fully saturated rings. The number of halogens is 1. The summed E-state index contributed by atoms with van der Waals surface area (Å²) in [6.07, 6.45) is 1.45. The summed E-state index contributed by atoms with van der Waals surface area (Å²) in [4.78, 5) is 19.1. The van der Waals surface area contributed by atoms with E-state index in [1.807, 2.05) is 53.4 Å². The number of piperidine rings is 1. The highest BCUT2D eigenvalue weighted by Gasteiger charge is 2.25. The number of rotatable bonds is 3. The lowest BCUT2D eigenvalue weighted by atomic mass is 10.0. The number of ether oxygens (including phenoxy) is 1. The van der Waals surface area contributed by atoms with Gasteiger partial charge in [0.15, 0.2) is 0 Å². The van der Waals surface area contributed by atoms with E-state index in [4.69, 9.17) is 4.74 Å². The number of carbonyl (C=O) groups is 1. The summed E-state index contributed by atoms with van der Waals surface area (Å²) in [6.45, 7) is 1.27. The van der Waals surface area contributed by atoms with Gasteiger partial charge in [-0.2, -0.15) is 4.98 Å². The van der Waals surface area contributed by atoms with Crippen molar-refractivity contribution >= 4 is 38.2 Å². The number of aromatic nitrogens is 1. The van der Waals surface area contributed by atoms with Crippen LogP contribution in [0.3, 0.4) is 0 Å². The third-order valence-electron chi connectivity index (χ3n) is 5.34. The average Bonchev–Trinajstić information content (AvgIpc) is 3.17. The molecule has 5 rings (SSSR count). The molecule has 1 amide bonds. The van der Waals surface area contributed by atoms with E-state index in [1.165, 1.54) is 17.4 Å². The second-order valence-corrected chi connectivity index (χ2v) is 8.23. The maximum absolute atomic E-state index is 13.8. The van der Waals surface area contributed by atoms with Gasteiger partial charge in [0, 0.05) is 31.5 Å². The van der Waals surface area contributed by atoms with Crippen LogP contribution in [0.4, 0.5) is 4.39 Å². The van der Waals surface area contributed by atoms with Gasteiger partial charge in [0.05, 0.1) is 4.70 Å². The largest absolute Gasteiger partial charge is 0.467 e. The molecule has 0 aliphatic carbocycles. The Balaban J connectivity index is 1.24. The van der Waals surface area contributed by atoms with E-state index >= 15 is 0 Å². The van der Waals surface area contributed by atoms with E-state index in [1.54, 1.807) is 6.07 Å². The van der Waals surface area contributed by atoms with E-state index in [-0.39, 0.29) is 17.8 Å². The quantitative estimate of drug-likeness (QED) is 0.465. The fourth-order valence-corrected chi connectivity index (χ4v) is 4.66. The number of hydrogen-bond donors (Lipinski definition) is 0. The highest BCUT2D eigenvalue weighted by atomic mass is 32.1. The van der Waals surface area contributed by atoms with Gasteiger partial charge < -0.3 is 9.64 Å². The minimum atomic E-state index is -0.329. The van der Waals surface area contributed by atoms with Crippen LogP contribution in [0.5, 0.6) is 5.19 Å². The number of hydrogen-bond acceptors (Lipinski definition) is 4. The molecular weight excluding hydrogens is 387 g/mol. The third-order valence-corrected chi connectivity index (χ3v) is 6.25. The second kappa shape index (κ2) is 7.44. The molecule has 29 heavy (non-hydrogen) atoms. The molecule has 146 valence electrons. The molecule has 2 heterocycles. The summed E-state index contributed by atoms with van der Waals surface area (Å²) < 4.78 is 20.6. The summed E-state index contributed by atoms with van der Waals surface area (Å²) in [6, 6.07) is 18.8. The van der Waals surface area contributed by atoms with Gasteiger partial charge in [0.25, 0.3) is 11.1 Å². The maximum atomic E-state index is 13.8. The zero-order valence-electron chi connectivity index (χ0n) is 15.7. The second-order valence-electron chi connectivity index (χ2n) is 7.24. The van der Waals surface area contributed by atoms with Crippen molar-refractivity contribution in [3.05, 3.63) is 72.0 Å². The predicted molar refractivity (Wildman–Crippen MR) is 113 cm³/mol. The zero-order chi connectivity index (χ0) is 19.8. The van der Waals surface area contributed by atoms with E-state index in [9.17, 15) is 9.18 Å². The number of carbonyl (C=O) groups excluding carboxylic acids is 1. The van der Waals surface area contributed by atoms with Crippen LogP contribution in [-0.4, -0.2) is 35.0 Å². The van der Waals surface area contributed by atoms with E-state index in [0.717, 1.165) is 28.3 Å². The van der Waals surface area contributed by atoms with Gasteiger partial charge in [-0.1, -0.05) is 47.7 Å². The standard InChI is InChI=1S/C23H19FN2O2S/c24-19-6-3-7-20-21(19)25-23(29-20)28-18-10-12-26(13-11-18)22(27)17-9-8-15-4-1-2-5-16(15)14-17/h1-9,14,18H,10-13H2. The number of para-hydroxylation sites is 1. The van der Waals surface area contributed by atoms with Gasteiger partial charge in [-0.3, -0.25) is 4.79 Å². The summed E-state index contributed by atoms with van der Waals surface area (Å²) in [5.41, 5.74) is 1.07. The number of benzene rings is 3. The molecule has 4 aromatic rings. The van der Waals surface area contributed by atoms with Crippen molar-refractivity contribution in [1.82, 2.24) is 9.88 Å². The van der Waals surface area contributed by atoms with Crippen molar-refractivity contribution in [1.29, 1.82) is 0 Å². The lowest BCUT2D eigenvalue weighted by Crippen LogP contribution is -2.41. The molecule has 1 aliphatic heterocycles. The number of amides is 1. The first-order valence-electron chi connectivity index (χ1n) is 9.67. The van der Waals surface area contributed by atoms with E-state index in [2.05, 4.69) is 4.98 Å². The first-order chi connectivity index (χ1) is 14.2. The van der Waals surface area contributed by atoms with Crippen molar-refractivity contribution in [3.63, 3.8) is 0 Å². The molecule has 6 heteroatoms. The SMILES string of the molecule is O=C(c1ccc2ccccc2c1)N1CCC(Oc2nc3c(F)cccc3s2)CC1. The first kappa shape index (κ1) is 18.1. The third kappa shape index (κ3) is 3.56. The fourth-order valence-electron chi connectivity index (χ4n) is 3.77. The van der Waals surface area contributed by atoms with Crippen molar-refractivity contribution in [2.45, 2.75) is 18.9 Å². The van der Waals surface area contributed by atoms with Crippen LogP contribution in [-0.2, 0) is 0 Å². The minimum absolute atomic E-state index is 0.0146. The van der Waals surface area contributed by atoms with Gasteiger partial charge in [-0.15, -0.1) is 0 Å². The minimum Gasteiger partial charge on any atom is -0.467 e. The van der Waals surface area contributed by atoms with Crippen LogP contribution in [0.2, 0.25) is 0 Å². The molecule has 3 aromatic carbocycles. The van der Waals surface area contributed by atoms with Crippen LogP contribution in [0.1, 0.15) is 23.2 Å². The van der Waals surface area contributed by atoms with Crippen molar-refractivity contribution < 1.29 is 13.9 Å². The Morgan fingerprint density at radius 2 is 1.83 bits per heavy atom. The summed E-state index contributed by atoms with van der Waals surface area (Å²) in [5, 5.41) is 2.69. The Morgan fingerprint density at radius 1 is 1.03 bits per heavy atom. The highest BCUT2D eigenvalue weighted by molar-refractivity contribution is 7.20. The lowest BCUT2D eigenvalue weighted by molar-refractivity contribution is 0.0595. The van der Waals surface area contributed by atoms with Crippen LogP contribution in [0.25, 0.3) is 21.0 Å². The number of nitrogens with zero attached hydrogens (tertiary/aromatic N) is 2. The predicted octanol–water partition coefficient (Wildman–Crippen LogP) is 5.27. The maximum Gasteiger partial charge on any atom is 0.274 e. The first-order valence-corrected chi connectivity index (χ1v) is 10.5. The van der Waals surface area contributed by atoms with Crippen LogP contribution in [0, 0.1) is 5.82 Å². The average molecular weight is 406 g/mol. The van der Waals surface area contributed by atoms with Gasteiger partial charge in [0.1, 0.15) is 17.4 Å². The van der Waals surface area contributed by atoms with Crippen molar-refractivity contribution in [2.24, 2.45) is 0 Å². The fraction of sp³-hybridized carbons (Fsp3) is 0.217. The number of thiazole rings is 1. The summed E-state index contributed by atoms with van der Waals surface area (Å²) >= 11 is 1.36. The molecule has 0 N–H and O–H groups in total.